The first kappa shape index (κ1) is 35.8. The van der Waals surface area contributed by atoms with E-state index in [1.54, 1.807) is 59.9 Å². The molecule has 0 aliphatic carbocycles. The minimum absolute atomic E-state index is 0.00375. The van der Waals surface area contributed by atoms with E-state index in [2.05, 4.69) is 25.2 Å². The Morgan fingerprint density at radius 2 is 1.60 bits per heavy atom. The number of nitrogens with zero attached hydrogens (tertiary/aromatic N) is 3. The fraction of sp³-hybridized carbons (Fsp3) is 0.484. The van der Waals surface area contributed by atoms with Gasteiger partial charge in [0.15, 0.2) is 11.6 Å². The molecule has 1 aromatic carbocycles. The van der Waals surface area contributed by atoms with Gasteiger partial charge in [-0.1, -0.05) is 0 Å². The van der Waals surface area contributed by atoms with Crippen LogP contribution in [0, 0.1) is 19.7 Å². The monoisotopic (exact) mass is 676 g/mol. The molecule has 0 bridgehead atoms. The summed E-state index contributed by atoms with van der Waals surface area (Å²) >= 11 is 0. The van der Waals surface area contributed by atoms with E-state index >= 15 is 4.39 Å². The van der Waals surface area contributed by atoms with E-state index in [-0.39, 0.29) is 18.2 Å². The second-order valence-electron chi connectivity index (χ2n) is 11.8. The number of H-pyrrole nitrogens is 1. The summed E-state index contributed by atoms with van der Waals surface area (Å²) in [6, 6.07) is 2.86. The van der Waals surface area contributed by atoms with Gasteiger partial charge < -0.3 is 23.9 Å². The zero-order chi connectivity index (χ0) is 34.6. The van der Waals surface area contributed by atoms with Crippen LogP contribution in [0.5, 0.6) is 17.4 Å². The predicted molar refractivity (Wildman–Crippen MR) is 172 cm³/mol. The van der Waals surface area contributed by atoms with Crippen LogP contribution in [-0.4, -0.2) is 68.5 Å². The standard InChI is InChI=1S/C31H42FN6O8P/c1-16(2)43-30(39)21(8)36-47(41,37-22(9)31(40)44-17(3)4)46-19(6)14-42-26-13-38-28(20(26)7)29(33-15-34-38)45-25-11-10-24-23(27(25)32)12-18(5)35-24/h10-13,15-17,19,21-22,35H,14H2,1-9H3,(H2,36,37,41)/t19-,21-,22-/m0/s1. The third-order valence-electron chi connectivity index (χ3n) is 6.73. The predicted octanol–water partition coefficient (Wildman–Crippen LogP) is 5.51. The number of benzene rings is 1. The van der Waals surface area contributed by atoms with Crippen molar-refractivity contribution in [1.82, 2.24) is 29.8 Å². The maximum Gasteiger partial charge on any atom is 0.342 e. The quantitative estimate of drug-likeness (QED) is 0.107. The third kappa shape index (κ3) is 8.86. The molecule has 0 saturated carbocycles. The molecule has 256 valence electrons. The van der Waals surface area contributed by atoms with Crippen LogP contribution in [0.3, 0.4) is 0 Å². The van der Waals surface area contributed by atoms with Crippen molar-refractivity contribution < 1.29 is 42.0 Å². The summed E-state index contributed by atoms with van der Waals surface area (Å²) in [5.41, 5.74) is 2.51. The number of esters is 2. The van der Waals surface area contributed by atoms with Crippen molar-refractivity contribution in [3.8, 4) is 17.4 Å². The van der Waals surface area contributed by atoms with Gasteiger partial charge in [-0.2, -0.15) is 10.1 Å². The summed E-state index contributed by atoms with van der Waals surface area (Å²) in [5.74, 6) is -1.32. The van der Waals surface area contributed by atoms with Gasteiger partial charge in [-0.15, -0.1) is 0 Å². The molecule has 0 aliphatic rings. The number of aromatic nitrogens is 4. The molecule has 0 fully saturated rings. The van der Waals surface area contributed by atoms with Gasteiger partial charge in [0.05, 0.1) is 24.5 Å². The number of rotatable bonds is 15. The van der Waals surface area contributed by atoms with Gasteiger partial charge in [0.1, 0.15) is 36.3 Å². The molecule has 0 aliphatic heterocycles. The van der Waals surface area contributed by atoms with E-state index in [1.165, 1.54) is 30.8 Å². The molecule has 47 heavy (non-hydrogen) atoms. The number of halogens is 1. The Morgan fingerprint density at radius 1 is 0.979 bits per heavy atom. The first-order valence-corrected chi connectivity index (χ1v) is 16.9. The van der Waals surface area contributed by atoms with E-state index in [0.29, 0.717) is 27.7 Å². The molecule has 16 heteroatoms. The molecule has 3 aromatic heterocycles. The molecule has 0 unspecified atom stereocenters. The molecule has 0 spiro atoms. The smallest absolute Gasteiger partial charge is 0.342 e. The highest BCUT2D eigenvalue weighted by Crippen LogP contribution is 2.41. The summed E-state index contributed by atoms with van der Waals surface area (Å²) in [7, 11) is -4.08. The lowest BCUT2D eigenvalue weighted by Crippen LogP contribution is -2.44. The fourth-order valence-corrected chi connectivity index (χ4v) is 6.66. The van der Waals surface area contributed by atoms with E-state index in [9.17, 15) is 14.2 Å². The van der Waals surface area contributed by atoms with E-state index in [4.69, 9.17) is 23.5 Å². The highest BCUT2D eigenvalue weighted by molar-refractivity contribution is 7.54. The summed E-state index contributed by atoms with van der Waals surface area (Å²) in [5, 5.41) is 9.95. The molecule has 3 heterocycles. The van der Waals surface area contributed by atoms with Crippen LogP contribution < -0.4 is 19.6 Å². The molecule has 0 amide bonds. The van der Waals surface area contributed by atoms with Gasteiger partial charge in [0, 0.05) is 22.2 Å². The van der Waals surface area contributed by atoms with Gasteiger partial charge in [0.2, 0.25) is 5.88 Å². The lowest BCUT2D eigenvalue weighted by atomic mass is 10.2. The van der Waals surface area contributed by atoms with Crippen LogP contribution in [0.4, 0.5) is 4.39 Å². The number of carbonyl (C=O) groups is 2. The van der Waals surface area contributed by atoms with Crippen LogP contribution in [0.15, 0.2) is 30.7 Å². The average Bonchev–Trinajstić information content (AvgIpc) is 3.52. The van der Waals surface area contributed by atoms with Crippen molar-refractivity contribution >= 4 is 36.0 Å². The molecule has 3 N–H and O–H groups in total. The second-order valence-corrected chi connectivity index (χ2v) is 13.7. The van der Waals surface area contributed by atoms with Crippen molar-refractivity contribution in [3.63, 3.8) is 0 Å². The largest absolute Gasteiger partial charge is 0.489 e. The molecule has 4 aromatic rings. The summed E-state index contributed by atoms with van der Waals surface area (Å²) in [6.07, 6.45) is 1.27. The first-order valence-electron chi connectivity index (χ1n) is 15.2. The number of hydrogen-bond acceptors (Lipinski definition) is 10. The van der Waals surface area contributed by atoms with Crippen LogP contribution in [0.25, 0.3) is 16.4 Å². The number of aryl methyl sites for hydroxylation is 2. The Kier molecular flexibility index (Phi) is 11.3. The van der Waals surface area contributed by atoms with Gasteiger partial charge in [-0.3, -0.25) is 18.7 Å². The average molecular weight is 677 g/mol. The van der Waals surface area contributed by atoms with Crippen molar-refractivity contribution in [2.75, 3.05) is 6.61 Å². The molecular weight excluding hydrogens is 634 g/mol. The lowest BCUT2D eigenvalue weighted by molar-refractivity contribution is -0.149. The van der Waals surface area contributed by atoms with Crippen molar-refractivity contribution in [2.45, 2.75) is 92.7 Å². The van der Waals surface area contributed by atoms with E-state index < -0.39 is 55.8 Å². The number of carbonyl (C=O) groups excluding carboxylic acids is 2. The highest BCUT2D eigenvalue weighted by Gasteiger charge is 2.35. The number of hydrogen-bond donors (Lipinski definition) is 3. The Morgan fingerprint density at radius 3 is 2.19 bits per heavy atom. The van der Waals surface area contributed by atoms with Crippen LogP contribution >= 0.6 is 7.67 Å². The minimum atomic E-state index is -4.08. The van der Waals surface area contributed by atoms with Crippen molar-refractivity contribution in [2.24, 2.45) is 0 Å². The Labute approximate surface area is 272 Å². The first-order chi connectivity index (χ1) is 22.1. The number of fused-ring (bicyclic) bond motifs is 2. The molecule has 4 rings (SSSR count). The maximum absolute atomic E-state index is 15.3. The maximum atomic E-state index is 15.3. The molecule has 14 nitrogen and oxygen atoms in total. The van der Waals surface area contributed by atoms with Crippen LogP contribution in [-0.2, 0) is 28.2 Å². The molecule has 0 saturated heterocycles. The molecule has 3 atom stereocenters. The Bertz CT molecular complexity index is 1760. The highest BCUT2D eigenvalue weighted by atomic mass is 31.2. The summed E-state index contributed by atoms with van der Waals surface area (Å²) in [4.78, 5) is 32.3. The van der Waals surface area contributed by atoms with Gasteiger partial charge in [-0.25, -0.2) is 19.1 Å². The van der Waals surface area contributed by atoms with Crippen LogP contribution in [0.2, 0.25) is 0 Å². The SMILES string of the molecule is Cc1cc2c(F)c(Oc3ncnn4cc(OC[C@H](C)OP(=O)(N[C@@H](C)C(=O)OC(C)C)N[C@@H](C)C(=O)OC(C)C)c(C)c34)ccc2[nH]1. The fourth-order valence-electron chi connectivity index (χ4n) is 4.67. The van der Waals surface area contributed by atoms with Gasteiger partial charge in [-0.05, 0) is 80.5 Å². The van der Waals surface area contributed by atoms with Crippen molar-refractivity contribution in [3.05, 3.63) is 47.8 Å². The molecule has 0 radical (unpaired) electrons. The zero-order valence-electron chi connectivity index (χ0n) is 27.9. The summed E-state index contributed by atoms with van der Waals surface area (Å²) in [6.45, 7) is 14.8. The number of ether oxygens (including phenoxy) is 4. The summed E-state index contributed by atoms with van der Waals surface area (Å²) < 4.78 is 59.0. The van der Waals surface area contributed by atoms with E-state index in [0.717, 1.165) is 5.69 Å². The van der Waals surface area contributed by atoms with E-state index in [1.807, 2.05) is 6.92 Å². The Hall–Kier alpha value is -4.04. The third-order valence-corrected chi connectivity index (χ3v) is 8.84. The van der Waals surface area contributed by atoms with Crippen molar-refractivity contribution in [1.29, 1.82) is 0 Å². The normalized spacial score (nSPS) is 14.0. The minimum Gasteiger partial charge on any atom is -0.489 e. The van der Waals surface area contributed by atoms with Crippen LogP contribution in [0.1, 0.15) is 59.7 Å². The topological polar surface area (TPSA) is 167 Å². The Balaban J connectivity index is 1.50. The lowest BCUT2D eigenvalue weighted by Gasteiger charge is -2.28. The van der Waals surface area contributed by atoms with Gasteiger partial charge >= 0.3 is 19.6 Å². The molecular formula is C31H42FN6O8P. The number of nitrogens with one attached hydrogen (secondary N) is 3. The second kappa shape index (κ2) is 14.8. The number of aromatic amines is 1. The zero-order valence-corrected chi connectivity index (χ0v) is 28.8. The van der Waals surface area contributed by atoms with Gasteiger partial charge in [0.25, 0.3) is 0 Å².